The summed E-state index contributed by atoms with van der Waals surface area (Å²) >= 11 is 3.39. The first-order valence-corrected chi connectivity index (χ1v) is 6.25. The van der Waals surface area contributed by atoms with Gasteiger partial charge in [-0.2, -0.15) is 0 Å². The number of carbonyl (C=O) groups excluding carboxylic acids is 1. The molecule has 0 N–H and O–H groups in total. The first-order valence-electron chi connectivity index (χ1n) is 5.46. The number of hydrogen-bond donors (Lipinski definition) is 0. The van der Waals surface area contributed by atoms with E-state index in [2.05, 4.69) is 20.9 Å². The van der Waals surface area contributed by atoms with Crippen molar-refractivity contribution in [2.75, 3.05) is 7.11 Å². The number of aromatic nitrogens is 1. The van der Waals surface area contributed by atoms with Crippen molar-refractivity contribution in [3.05, 3.63) is 58.3 Å². The van der Waals surface area contributed by atoms with Crippen LogP contribution in [0.15, 0.2) is 47.2 Å². The minimum atomic E-state index is 0.0273. The molecule has 0 spiro atoms. The van der Waals surface area contributed by atoms with Crippen molar-refractivity contribution in [3.63, 3.8) is 0 Å². The number of benzene rings is 1. The lowest BCUT2D eigenvalue weighted by molar-refractivity contribution is 0.0991. The fourth-order valence-corrected chi connectivity index (χ4v) is 2.10. The van der Waals surface area contributed by atoms with E-state index >= 15 is 0 Å². The highest BCUT2D eigenvalue weighted by atomic mass is 79.9. The molecule has 0 aliphatic carbocycles. The van der Waals surface area contributed by atoms with Crippen molar-refractivity contribution in [1.29, 1.82) is 0 Å². The topological polar surface area (TPSA) is 39.2 Å². The monoisotopic (exact) mass is 305 g/mol. The predicted molar refractivity (Wildman–Crippen MR) is 73.0 cm³/mol. The van der Waals surface area contributed by atoms with Gasteiger partial charge in [-0.25, -0.2) is 0 Å². The molecule has 18 heavy (non-hydrogen) atoms. The van der Waals surface area contributed by atoms with Crippen LogP contribution in [-0.2, 0) is 6.42 Å². The van der Waals surface area contributed by atoms with Crippen LogP contribution in [0.4, 0.5) is 0 Å². The lowest BCUT2D eigenvalue weighted by Crippen LogP contribution is -2.05. The molecular formula is C14H12BrNO2. The SMILES string of the molecule is COc1ccc(Br)cc1CC(=O)c1cccnc1. The van der Waals surface area contributed by atoms with Gasteiger partial charge in [0.2, 0.25) is 0 Å². The molecule has 0 saturated heterocycles. The van der Waals surface area contributed by atoms with Crippen molar-refractivity contribution >= 4 is 21.7 Å². The molecule has 1 heterocycles. The molecule has 2 rings (SSSR count). The van der Waals surface area contributed by atoms with Gasteiger partial charge in [-0.15, -0.1) is 0 Å². The van der Waals surface area contributed by atoms with E-state index in [1.165, 1.54) is 0 Å². The number of hydrogen-bond acceptors (Lipinski definition) is 3. The van der Waals surface area contributed by atoms with Crippen LogP contribution in [0.3, 0.4) is 0 Å². The van der Waals surface area contributed by atoms with E-state index in [0.717, 1.165) is 15.8 Å². The van der Waals surface area contributed by atoms with Crippen molar-refractivity contribution in [2.24, 2.45) is 0 Å². The second kappa shape index (κ2) is 5.78. The van der Waals surface area contributed by atoms with Crippen LogP contribution in [0, 0.1) is 0 Å². The Morgan fingerprint density at radius 1 is 1.39 bits per heavy atom. The van der Waals surface area contributed by atoms with Crippen LogP contribution in [0.2, 0.25) is 0 Å². The fraction of sp³-hybridized carbons (Fsp3) is 0.143. The molecule has 0 radical (unpaired) electrons. The Kier molecular flexibility index (Phi) is 4.10. The average molecular weight is 306 g/mol. The number of rotatable bonds is 4. The maximum absolute atomic E-state index is 12.1. The van der Waals surface area contributed by atoms with Gasteiger partial charge in [0.1, 0.15) is 5.75 Å². The zero-order valence-electron chi connectivity index (χ0n) is 9.89. The van der Waals surface area contributed by atoms with Crippen LogP contribution in [0.25, 0.3) is 0 Å². The zero-order chi connectivity index (χ0) is 13.0. The van der Waals surface area contributed by atoms with Gasteiger partial charge in [-0.1, -0.05) is 15.9 Å². The molecule has 0 amide bonds. The molecule has 1 aromatic heterocycles. The largest absolute Gasteiger partial charge is 0.496 e. The zero-order valence-corrected chi connectivity index (χ0v) is 11.5. The molecule has 2 aromatic rings. The van der Waals surface area contributed by atoms with Crippen LogP contribution in [-0.4, -0.2) is 17.9 Å². The summed E-state index contributed by atoms with van der Waals surface area (Å²) in [6.07, 6.45) is 3.53. The molecule has 0 aliphatic rings. The fourth-order valence-electron chi connectivity index (χ4n) is 1.69. The number of pyridine rings is 1. The van der Waals surface area contributed by atoms with Gasteiger partial charge in [-0.3, -0.25) is 9.78 Å². The molecule has 0 fully saturated rings. The molecule has 4 heteroatoms. The second-order valence-corrected chi connectivity index (χ2v) is 4.71. The van der Waals surface area contributed by atoms with E-state index in [1.807, 2.05) is 18.2 Å². The van der Waals surface area contributed by atoms with Crippen LogP contribution < -0.4 is 4.74 Å². The van der Waals surface area contributed by atoms with Gasteiger partial charge >= 0.3 is 0 Å². The Labute approximate surface area is 114 Å². The standard InChI is InChI=1S/C14H12BrNO2/c1-18-14-5-4-12(15)7-11(14)8-13(17)10-3-2-6-16-9-10/h2-7,9H,8H2,1H3. The maximum atomic E-state index is 12.1. The third-order valence-corrected chi connectivity index (χ3v) is 3.07. The molecule has 92 valence electrons. The van der Waals surface area contributed by atoms with E-state index in [4.69, 9.17) is 4.74 Å². The van der Waals surface area contributed by atoms with Crippen molar-refractivity contribution in [3.8, 4) is 5.75 Å². The summed E-state index contributed by atoms with van der Waals surface area (Å²) < 4.78 is 6.18. The third-order valence-electron chi connectivity index (χ3n) is 2.58. The van der Waals surface area contributed by atoms with Crippen LogP contribution in [0.1, 0.15) is 15.9 Å². The Bertz CT molecular complexity index is 555. The Balaban J connectivity index is 2.24. The third kappa shape index (κ3) is 2.96. The molecule has 0 saturated carbocycles. The van der Waals surface area contributed by atoms with E-state index in [0.29, 0.717) is 12.0 Å². The maximum Gasteiger partial charge on any atom is 0.168 e. The van der Waals surface area contributed by atoms with Crippen LogP contribution in [0.5, 0.6) is 5.75 Å². The van der Waals surface area contributed by atoms with E-state index in [1.54, 1.807) is 31.6 Å². The number of carbonyl (C=O) groups is 1. The average Bonchev–Trinajstić information content (AvgIpc) is 2.40. The van der Waals surface area contributed by atoms with Gasteiger partial charge in [0.15, 0.2) is 5.78 Å². The van der Waals surface area contributed by atoms with Gasteiger partial charge in [-0.05, 0) is 30.3 Å². The number of methoxy groups -OCH3 is 1. The molecule has 0 atom stereocenters. The van der Waals surface area contributed by atoms with Gasteiger partial charge in [0.05, 0.1) is 7.11 Å². The van der Waals surface area contributed by atoms with Gasteiger partial charge in [0, 0.05) is 34.4 Å². The first-order chi connectivity index (χ1) is 8.70. The molecular weight excluding hydrogens is 294 g/mol. The van der Waals surface area contributed by atoms with E-state index in [9.17, 15) is 4.79 Å². The van der Waals surface area contributed by atoms with Crippen LogP contribution >= 0.6 is 15.9 Å². The highest BCUT2D eigenvalue weighted by molar-refractivity contribution is 9.10. The summed E-state index contributed by atoms with van der Waals surface area (Å²) in [6, 6.07) is 9.14. The predicted octanol–water partition coefficient (Wildman–Crippen LogP) is 3.28. The summed E-state index contributed by atoms with van der Waals surface area (Å²) in [5.41, 5.74) is 1.47. The van der Waals surface area contributed by atoms with Crippen molar-refractivity contribution in [1.82, 2.24) is 4.98 Å². The first kappa shape index (κ1) is 12.8. The second-order valence-electron chi connectivity index (χ2n) is 3.80. The summed E-state index contributed by atoms with van der Waals surface area (Å²) in [5.74, 6) is 0.745. The normalized spacial score (nSPS) is 10.1. The number of nitrogens with zero attached hydrogens (tertiary/aromatic N) is 1. The van der Waals surface area contributed by atoms with E-state index < -0.39 is 0 Å². The minimum absolute atomic E-state index is 0.0273. The summed E-state index contributed by atoms with van der Waals surface area (Å²) in [4.78, 5) is 16.0. The number of halogens is 1. The molecule has 3 nitrogen and oxygen atoms in total. The Morgan fingerprint density at radius 2 is 2.22 bits per heavy atom. The molecule has 1 aromatic carbocycles. The molecule has 0 aliphatic heterocycles. The smallest absolute Gasteiger partial charge is 0.168 e. The number of ether oxygens (including phenoxy) is 1. The summed E-state index contributed by atoms with van der Waals surface area (Å²) in [6.45, 7) is 0. The van der Waals surface area contributed by atoms with Crippen molar-refractivity contribution < 1.29 is 9.53 Å². The highest BCUT2D eigenvalue weighted by Crippen LogP contribution is 2.24. The van der Waals surface area contributed by atoms with Gasteiger partial charge in [0.25, 0.3) is 0 Å². The molecule has 0 bridgehead atoms. The Hall–Kier alpha value is -1.68. The minimum Gasteiger partial charge on any atom is -0.496 e. The summed E-state index contributed by atoms with van der Waals surface area (Å²) in [5, 5.41) is 0. The summed E-state index contributed by atoms with van der Waals surface area (Å²) in [7, 11) is 1.60. The lowest BCUT2D eigenvalue weighted by atomic mass is 10.0. The quantitative estimate of drug-likeness (QED) is 0.814. The number of ketones is 1. The molecule has 0 unspecified atom stereocenters. The Morgan fingerprint density at radius 3 is 2.89 bits per heavy atom. The van der Waals surface area contributed by atoms with Crippen molar-refractivity contribution in [2.45, 2.75) is 6.42 Å². The number of Topliss-reactive ketones (excluding diaryl/α,β-unsaturated/α-hetero) is 1. The van der Waals surface area contributed by atoms with E-state index in [-0.39, 0.29) is 5.78 Å². The lowest BCUT2D eigenvalue weighted by Gasteiger charge is -2.08. The van der Waals surface area contributed by atoms with Gasteiger partial charge < -0.3 is 4.74 Å². The highest BCUT2D eigenvalue weighted by Gasteiger charge is 2.11.